The molecule has 2 aromatic carbocycles. The number of fused-ring (bicyclic) bond motifs is 2. The first-order valence-electron chi connectivity index (χ1n) is 16.2. The smallest absolute Gasteiger partial charge is 0.319 e. The van der Waals surface area contributed by atoms with Crippen LogP contribution in [0.5, 0.6) is 0 Å². The Morgan fingerprint density at radius 2 is 1.62 bits per heavy atom. The lowest BCUT2D eigenvalue weighted by Gasteiger charge is -2.30. The number of ether oxygens (including phenoxy) is 1. The van der Waals surface area contributed by atoms with Crippen molar-refractivity contribution in [1.29, 1.82) is 0 Å². The monoisotopic (exact) mass is 754 g/mol. The summed E-state index contributed by atoms with van der Waals surface area (Å²) in [5.74, 6) is -0.875. The van der Waals surface area contributed by atoms with Crippen LogP contribution in [0.3, 0.4) is 0 Å². The van der Waals surface area contributed by atoms with E-state index in [4.69, 9.17) is 35.3 Å². The number of hydrogen-bond acceptors (Lipinski definition) is 11. The van der Waals surface area contributed by atoms with Gasteiger partial charge in [0, 0.05) is 52.3 Å². The lowest BCUT2D eigenvalue weighted by atomic mass is 9.92. The van der Waals surface area contributed by atoms with Gasteiger partial charge < -0.3 is 26.1 Å². The molecule has 0 atom stereocenters. The van der Waals surface area contributed by atoms with E-state index >= 15 is 0 Å². The lowest BCUT2D eigenvalue weighted by molar-refractivity contribution is -0.148. The molecule has 0 aliphatic heterocycles. The van der Waals surface area contributed by atoms with Crippen LogP contribution in [0.25, 0.3) is 38.8 Å². The van der Waals surface area contributed by atoms with Gasteiger partial charge in [-0.05, 0) is 79.6 Å². The fourth-order valence-corrected chi connectivity index (χ4v) is 5.95. The molecule has 1 amide bonds. The number of nitrogens with zero attached hydrogens (tertiary/aromatic N) is 3. The molecule has 0 saturated heterocycles. The number of amides is 1. The van der Waals surface area contributed by atoms with E-state index in [0.29, 0.717) is 23.8 Å². The fraction of sp³-hybridized carbons (Fsp3) is 0.314. The summed E-state index contributed by atoms with van der Waals surface area (Å²) < 4.78 is 59.2. The molecule has 7 N–H and O–H groups in total. The van der Waals surface area contributed by atoms with E-state index in [1.165, 1.54) is 5.56 Å². The van der Waals surface area contributed by atoms with Gasteiger partial charge >= 0.3 is 5.97 Å². The summed E-state index contributed by atoms with van der Waals surface area (Å²) in [6.07, 6.45) is 11.0. The first-order chi connectivity index (χ1) is 24.4. The molecule has 3 aromatic heterocycles. The number of primary amides is 1. The SMILES string of the molecule is CCc1cn(-c2ccc(C(N)=O)c(NC3CCC(OC(=O)CN)CC3)c2)c2nccc(-c3cnc4ccccc4c3)c12.CS(=O)(=O)O.CS(=O)(=O)O. The molecule has 3 heterocycles. The molecule has 0 spiro atoms. The van der Waals surface area contributed by atoms with E-state index in [-0.39, 0.29) is 24.7 Å². The number of anilines is 1. The Hall–Kier alpha value is -4.94. The minimum Gasteiger partial charge on any atom is -0.461 e. The number of benzene rings is 2. The summed E-state index contributed by atoms with van der Waals surface area (Å²) in [4.78, 5) is 33.4. The third-order valence-corrected chi connectivity index (χ3v) is 8.09. The zero-order valence-corrected chi connectivity index (χ0v) is 30.5. The highest BCUT2D eigenvalue weighted by molar-refractivity contribution is 7.85. The molecular formula is C35H42N6O9S2. The topological polar surface area (TPSA) is 247 Å². The summed E-state index contributed by atoms with van der Waals surface area (Å²) in [5, 5.41) is 5.71. The van der Waals surface area contributed by atoms with Gasteiger partial charge in [-0.2, -0.15) is 16.8 Å². The zero-order chi connectivity index (χ0) is 38.2. The van der Waals surface area contributed by atoms with Gasteiger partial charge in [0.15, 0.2) is 0 Å². The van der Waals surface area contributed by atoms with Crippen LogP contribution in [-0.4, -0.2) is 83.6 Å². The van der Waals surface area contributed by atoms with Crippen molar-refractivity contribution < 1.29 is 40.3 Å². The number of rotatable bonds is 8. The van der Waals surface area contributed by atoms with Gasteiger partial charge in [-0.1, -0.05) is 25.1 Å². The van der Waals surface area contributed by atoms with Gasteiger partial charge in [0.1, 0.15) is 11.8 Å². The van der Waals surface area contributed by atoms with Crippen molar-refractivity contribution in [2.45, 2.75) is 51.2 Å². The highest BCUT2D eigenvalue weighted by Crippen LogP contribution is 2.35. The number of hydrogen-bond donors (Lipinski definition) is 5. The molecule has 278 valence electrons. The molecule has 52 heavy (non-hydrogen) atoms. The van der Waals surface area contributed by atoms with Crippen LogP contribution >= 0.6 is 0 Å². The Labute approximate surface area is 301 Å². The predicted molar refractivity (Wildman–Crippen MR) is 199 cm³/mol. The van der Waals surface area contributed by atoms with Gasteiger partial charge in [0.2, 0.25) is 0 Å². The average molecular weight is 755 g/mol. The quantitative estimate of drug-likeness (QED) is 0.111. The van der Waals surface area contributed by atoms with Gasteiger partial charge in [0.05, 0.1) is 30.1 Å². The second-order valence-corrected chi connectivity index (χ2v) is 15.2. The fourth-order valence-electron chi connectivity index (χ4n) is 5.95. The number of esters is 1. The van der Waals surface area contributed by atoms with E-state index in [1.54, 1.807) is 6.07 Å². The normalized spacial score (nSPS) is 15.9. The second-order valence-electron chi connectivity index (χ2n) is 12.2. The van der Waals surface area contributed by atoms with Crippen molar-refractivity contribution in [2.75, 3.05) is 24.4 Å². The Morgan fingerprint density at radius 3 is 2.23 bits per heavy atom. The molecule has 5 aromatic rings. The van der Waals surface area contributed by atoms with Gasteiger partial charge in [-0.25, -0.2) is 4.98 Å². The predicted octanol–water partition coefficient (Wildman–Crippen LogP) is 4.14. The molecule has 6 rings (SSSR count). The number of pyridine rings is 2. The van der Waals surface area contributed by atoms with Crippen LogP contribution in [0.2, 0.25) is 0 Å². The number of nitrogens with one attached hydrogen (secondary N) is 1. The molecule has 1 saturated carbocycles. The minimum atomic E-state index is -3.67. The lowest BCUT2D eigenvalue weighted by Crippen LogP contribution is -2.33. The molecule has 0 unspecified atom stereocenters. The van der Waals surface area contributed by atoms with Crippen LogP contribution in [0.4, 0.5) is 5.69 Å². The molecule has 0 bridgehead atoms. The zero-order valence-electron chi connectivity index (χ0n) is 28.9. The third kappa shape index (κ3) is 11.3. The van der Waals surface area contributed by atoms with Gasteiger partial charge in [-0.3, -0.25) is 23.7 Å². The standard InChI is InChI=1S/C33H34N6O3.2CH4O3S/c1-2-20-19-39(33-31(20)26(13-14-36-33)22-15-21-5-3-4-6-28(21)37-18-22)24-9-12-27(32(35)41)29(16-24)38-23-7-10-25(11-8-23)42-30(40)17-34;2*1-5(2,3)4/h3-6,9,12-16,18-19,23,25,38H,2,7-8,10-11,17,34H2,1H3,(H2,35,41);2*1H3,(H,2,3,4). The van der Waals surface area contributed by atoms with Crippen LogP contribution in [0.1, 0.15) is 48.5 Å². The van der Waals surface area contributed by atoms with E-state index in [2.05, 4.69) is 35.1 Å². The van der Waals surface area contributed by atoms with E-state index in [0.717, 1.165) is 70.9 Å². The highest BCUT2D eigenvalue weighted by Gasteiger charge is 2.25. The van der Waals surface area contributed by atoms with Crippen molar-refractivity contribution in [3.05, 3.63) is 84.3 Å². The molecule has 1 aliphatic rings. The van der Waals surface area contributed by atoms with Crippen molar-refractivity contribution in [2.24, 2.45) is 11.5 Å². The van der Waals surface area contributed by atoms with Crippen LogP contribution in [-0.2, 0) is 36.2 Å². The van der Waals surface area contributed by atoms with Crippen molar-refractivity contribution in [1.82, 2.24) is 14.5 Å². The first-order valence-corrected chi connectivity index (χ1v) is 19.9. The van der Waals surface area contributed by atoms with Crippen LogP contribution in [0.15, 0.2) is 73.2 Å². The largest absolute Gasteiger partial charge is 0.461 e. The molecule has 17 heteroatoms. The molecule has 1 fully saturated rings. The number of carbonyl (C=O) groups excluding carboxylic acids is 2. The van der Waals surface area contributed by atoms with Crippen molar-refractivity contribution in [3.63, 3.8) is 0 Å². The number of aromatic nitrogens is 3. The summed E-state index contributed by atoms with van der Waals surface area (Å²) in [6.45, 7) is 2.02. The minimum absolute atomic E-state index is 0.115. The Morgan fingerprint density at radius 1 is 0.962 bits per heavy atom. The van der Waals surface area contributed by atoms with E-state index < -0.39 is 26.1 Å². The summed E-state index contributed by atoms with van der Waals surface area (Å²) >= 11 is 0. The summed E-state index contributed by atoms with van der Waals surface area (Å²) in [7, 11) is -7.33. The molecular weight excluding hydrogens is 713 g/mol. The maximum atomic E-state index is 12.4. The second kappa shape index (κ2) is 17.1. The molecule has 1 aliphatic carbocycles. The number of carbonyl (C=O) groups is 2. The van der Waals surface area contributed by atoms with Crippen LogP contribution < -0.4 is 16.8 Å². The number of para-hydroxylation sites is 1. The van der Waals surface area contributed by atoms with E-state index in [1.807, 2.05) is 48.8 Å². The average Bonchev–Trinajstić information content (AvgIpc) is 3.46. The van der Waals surface area contributed by atoms with Gasteiger partial charge in [-0.15, -0.1) is 0 Å². The molecule has 15 nitrogen and oxygen atoms in total. The van der Waals surface area contributed by atoms with Gasteiger partial charge in [0.25, 0.3) is 26.1 Å². The van der Waals surface area contributed by atoms with Crippen molar-refractivity contribution >= 4 is 59.7 Å². The Kier molecular flexibility index (Phi) is 13.1. The number of nitrogens with two attached hydrogens (primary N) is 2. The van der Waals surface area contributed by atoms with Crippen molar-refractivity contribution in [3.8, 4) is 16.8 Å². The van der Waals surface area contributed by atoms with Crippen LogP contribution in [0, 0.1) is 0 Å². The van der Waals surface area contributed by atoms with E-state index in [9.17, 15) is 26.4 Å². The highest BCUT2D eigenvalue weighted by atomic mass is 32.2. The first kappa shape index (κ1) is 39.8. The third-order valence-electron chi connectivity index (χ3n) is 8.09. The summed E-state index contributed by atoms with van der Waals surface area (Å²) in [5.41, 5.74) is 18.2. The maximum absolute atomic E-state index is 12.4. The maximum Gasteiger partial charge on any atom is 0.319 e. The molecule has 0 radical (unpaired) electrons. The number of aryl methyl sites for hydroxylation is 1. The Bertz CT molecular complexity index is 2240. The Balaban J connectivity index is 0.000000536. The summed E-state index contributed by atoms with van der Waals surface area (Å²) in [6, 6.07) is 18.1.